The zero-order chi connectivity index (χ0) is 9.73. The van der Waals surface area contributed by atoms with E-state index in [9.17, 15) is 8.42 Å². The molecule has 0 aliphatic carbocycles. The number of hydrogen-bond donors (Lipinski definition) is 0. The minimum absolute atomic E-state index is 0.163. The Labute approximate surface area is 81.7 Å². The second-order valence-corrected chi connectivity index (χ2v) is 5.83. The van der Waals surface area contributed by atoms with Gasteiger partial charge in [-0.05, 0) is 6.07 Å². The molecule has 72 valence electrons. The summed E-state index contributed by atoms with van der Waals surface area (Å²) in [6, 6.07) is 1.72. The Kier molecular flexibility index (Phi) is 3.68. The summed E-state index contributed by atoms with van der Waals surface area (Å²) in [7, 11) is -2.87. The standard InChI is InChI=1S/C7H10N2O2S2/c1-13(10,11)6-5-12-7-8-3-2-4-9-7/h2-4H,5-6H2,1H3. The maximum atomic E-state index is 10.8. The first-order valence-corrected chi connectivity index (χ1v) is 6.70. The van der Waals surface area contributed by atoms with Gasteiger partial charge in [0, 0.05) is 24.4 Å². The van der Waals surface area contributed by atoms with Crippen LogP contribution in [-0.2, 0) is 9.84 Å². The van der Waals surface area contributed by atoms with E-state index < -0.39 is 9.84 Å². The summed E-state index contributed by atoms with van der Waals surface area (Å²) < 4.78 is 21.5. The average molecular weight is 218 g/mol. The lowest BCUT2D eigenvalue weighted by Crippen LogP contribution is -2.05. The van der Waals surface area contributed by atoms with Crippen LogP contribution in [0.1, 0.15) is 0 Å². The molecule has 1 aromatic rings. The number of sulfone groups is 1. The van der Waals surface area contributed by atoms with Crippen molar-refractivity contribution in [3.8, 4) is 0 Å². The minimum Gasteiger partial charge on any atom is -0.231 e. The third-order valence-corrected chi connectivity index (χ3v) is 3.31. The summed E-state index contributed by atoms with van der Waals surface area (Å²) >= 11 is 1.35. The van der Waals surface area contributed by atoms with Crippen LogP contribution >= 0.6 is 11.8 Å². The van der Waals surface area contributed by atoms with Gasteiger partial charge in [0.2, 0.25) is 0 Å². The monoisotopic (exact) mass is 218 g/mol. The summed E-state index contributed by atoms with van der Waals surface area (Å²) in [6.45, 7) is 0. The van der Waals surface area contributed by atoms with Gasteiger partial charge in [0.15, 0.2) is 5.16 Å². The molecule has 6 heteroatoms. The highest BCUT2D eigenvalue weighted by Gasteiger charge is 2.02. The third-order valence-electron chi connectivity index (χ3n) is 1.23. The van der Waals surface area contributed by atoms with E-state index >= 15 is 0 Å². The largest absolute Gasteiger partial charge is 0.231 e. The van der Waals surface area contributed by atoms with E-state index in [0.717, 1.165) is 0 Å². The van der Waals surface area contributed by atoms with Crippen LogP contribution in [0.25, 0.3) is 0 Å². The molecule has 4 nitrogen and oxygen atoms in total. The molecule has 0 bridgehead atoms. The lowest BCUT2D eigenvalue weighted by atomic mass is 10.7. The van der Waals surface area contributed by atoms with Crippen molar-refractivity contribution < 1.29 is 8.42 Å². The molecule has 0 atom stereocenters. The van der Waals surface area contributed by atoms with Gasteiger partial charge in [0.05, 0.1) is 5.75 Å². The number of hydrogen-bond acceptors (Lipinski definition) is 5. The number of thioether (sulfide) groups is 1. The summed E-state index contributed by atoms with van der Waals surface area (Å²) in [5, 5.41) is 0.617. The molecule has 0 unspecified atom stereocenters. The normalized spacial score (nSPS) is 11.5. The molecule has 0 aliphatic rings. The van der Waals surface area contributed by atoms with Crippen molar-refractivity contribution in [2.75, 3.05) is 17.8 Å². The summed E-state index contributed by atoms with van der Waals surface area (Å²) in [5.74, 6) is 0.665. The fraction of sp³-hybridized carbons (Fsp3) is 0.429. The van der Waals surface area contributed by atoms with Crippen LogP contribution < -0.4 is 0 Å². The topological polar surface area (TPSA) is 59.9 Å². The van der Waals surface area contributed by atoms with Crippen LogP contribution in [0.4, 0.5) is 0 Å². The van der Waals surface area contributed by atoms with Crippen LogP contribution in [0, 0.1) is 0 Å². The van der Waals surface area contributed by atoms with E-state index in [4.69, 9.17) is 0 Å². The lowest BCUT2D eigenvalue weighted by molar-refractivity contribution is 0.603. The third kappa shape index (κ3) is 4.84. The van der Waals surface area contributed by atoms with Crippen molar-refractivity contribution in [3.05, 3.63) is 18.5 Å². The summed E-state index contributed by atoms with van der Waals surface area (Å²) in [6.07, 6.45) is 4.49. The van der Waals surface area contributed by atoms with Crippen LogP contribution in [0.15, 0.2) is 23.6 Å². The van der Waals surface area contributed by atoms with Gasteiger partial charge in [-0.15, -0.1) is 0 Å². The van der Waals surface area contributed by atoms with Gasteiger partial charge in [-0.2, -0.15) is 0 Å². The predicted octanol–water partition coefficient (Wildman–Crippen LogP) is 0.613. The van der Waals surface area contributed by atoms with Crippen LogP contribution in [0.5, 0.6) is 0 Å². The first-order valence-electron chi connectivity index (χ1n) is 3.65. The van der Waals surface area contributed by atoms with Crippen molar-refractivity contribution in [2.24, 2.45) is 0 Å². The van der Waals surface area contributed by atoms with Gasteiger partial charge < -0.3 is 0 Å². The molecule has 0 N–H and O–H groups in total. The fourth-order valence-corrected chi connectivity index (χ4v) is 2.64. The minimum atomic E-state index is -2.87. The Hall–Kier alpha value is -0.620. The van der Waals surface area contributed by atoms with Gasteiger partial charge >= 0.3 is 0 Å². The molecule has 13 heavy (non-hydrogen) atoms. The Morgan fingerprint density at radius 2 is 2.00 bits per heavy atom. The summed E-state index contributed by atoms with van der Waals surface area (Å²) in [4.78, 5) is 7.91. The Bertz CT molecular complexity index is 350. The Morgan fingerprint density at radius 1 is 1.38 bits per heavy atom. The molecule has 1 aromatic heterocycles. The average Bonchev–Trinajstić information content (AvgIpc) is 2.04. The number of nitrogens with zero attached hydrogens (tertiary/aromatic N) is 2. The highest BCUT2D eigenvalue weighted by molar-refractivity contribution is 8.00. The zero-order valence-corrected chi connectivity index (χ0v) is 8.81. The van der Waals surface area contributed by atoms with Gasteiger partial charge in [0.1, 0.15) is 9.84 Å². The molecule has 0 radical (unpaired) electrons. The van der Waals surface area contributed by atoms with Crippen LogP contribution in [0.2, 0.25) is 0 Å². The van der Waals surface area contributed by atoms with Gasteiger partial charge in [-0.25, -0.2) is 18.4 Å². The molecule has 0 saturated carbocycles. The van der Waals surface area contributed by atoms with Crippen molar-refractivity contribution in [1.29, 1.82) is 0 Å². The van der Waals surface area contributed by atoms with Crippen molar-refractivity contribution in [2.45, 2.75) is 5.16 Å². The van der Waals surface area contributed by atoms with Crippen molar-refractivity contribution in [1.82, 2.24) is 9.97 Å². The predicted molar refractivity (Wildman–Crippen MR) is 52.5 cm³/mol. The Balaban J connectivity index is 2.37. The highest BCUT2D eigenvalue weighted by Crippen LogP contribution is 2.10. The number of rotatable bonds is 4. The molecule has 0 aromatic carbocycles. The highest BCUT2D eigenvalue weighted by atomic mass is 32.2. The quantitative estimate of drug-likeness (QED) is 0.547. The summed E-state index contributed by atoms with van der Waals surface area (Å²) in [5.41, 5.74) is 0. The molecule has 0 amide bonds. The first-order chi connectivity index (χ1) is 6.08. The molecule has 0 saturated heterocycles. The van der Waals surface area contributed by atoms with E-state index in [1.807, 2.05) is 0 Å². The van der Waals surface area contributed by atoms with E-state index in [-0.39, 0.29) is 5.75 Å². The van der Waals surface area contributed by atoms with E-state index in [1.165, 1.54) is 18.0 Å². The second kappa shape index (κ2) is 4.57. The Morgan fingerprint density at radius 3 is 2.54 bits per heavy atom. The molecule has 1 rings (SSSR count). The van der Waals surface area contributed by atoms with Gasteiger partial charge in [0.25, 0.3) is 0 Å². The van der Waals surface area contributed by atoms with Gasteiger partial charge in [-0.1, -0.05) is 11.8 Å². The zero-order valence-electron chi connectivity index (χ0n) is 7.17. The smallest absolute Gasteiger partial charge is 0.187 e. The molecule has 0 fully saturated rings. The molecular weight excluding hydrogens is 208 g/mol. The maximum absolute atomic E-state index is 10.8. The fourth-order valence-electron chi connectivity index (χ4n) is 0.644. The van der Waals surface area contributed by atoms with E-state index in [0.29, 0.717) is 10.9 Å². The number of aromatic nitrogens is 2. The second-order valence-electron chi connectivity index (χ2n) is 2.51. The van der Waals surface area contributed by atoms with Crippen molar-refractivity contribution in [3.63, 3.8) is 0 Å². The van der Waals surface area contributed by atoms with Crippen molar-refractivity contribution >= 4 is 21.6 Å². The molecule has 0 spiro atoms. The van der Waals surface area contributed by atoms with E-state index in [1.54, 1.807) is 18.5 Å². The molecular formula is C7H10N2O2S2. The SMILES string of the molecule is CS(=O)(=O)CCSc1ncccn1. The van der Waals surface area contributed by atoms with E-state index in [2.05, 4.69) is 9.97 Å². The lowest BCUT2D eigenvalue weighted by Gasteiger charge is -1.97. The molecule has 1 heterocycles. The van der Waals surface area contributed by atoms with Crippen LogP contribution in [0.3, 0.4) is 0 Å². The van der Waals surface area contributed by atoms with Gasteiger partial charge in [-0.3, -0.25) is 0 Å². The molecule has 0 aliphatic heterocycles. The first kappa shape index (κ1) is 10.5. The van der Waals surface area contributed by atoms with Crippen LogP contribution in [-0.4, -0.2) is 36.1 Å². The maximum Gasteiger partial charge on any atom is 0.187 e.